The second-order valence-corrected chi connectivity index (χ2v) is 13.9. The zero-order valence-corrected chi connectivity index (χ0v) is 28.4. The van der Waals surface area contributed by atoms with E-state index in [4.69, 9.17) is 9.97 Å². The maximum Gasteiger partial charge on any atom is 0.163 e. The van der Waals surface area contributed by atoms with Crippen molar-refractivity contribution in [1.29, 1.82) is 0 Å². The molecule has 0 radical (unpaired) electrons. The zero-order chi connectivity index (χ0) is 32.9. The standard InChI is InChI=1S/C41H48N4O2/c1-28-16-23-31(24-17-28)39(47)26-34(35-27-45(4)37-14-8-6-11-32(35)37)38(46)25-22-30-20-18-29(19-21-30)10-9-15-40-42-36-13-7-5-12-33(36)41(43-40)44(2)3/h5-8,11-14,16-17,23-24,27,29-30,34H,9-10,15,18-22,25-26H2,1-4H3. The molecule has 1 unspecified atom stereocenters. The van der Waals surface area contributed by atoms with Crippen LogP contribution >= 0.6 is 0 Å². The van der Waals surface area contributed by atoms with Gasteiger partial charge in [0.05, 0.1) is 11.4 Å². The Morgan fingerprint density at radius 3 is 2.23 bits per heavy atom. The van der Waals surface area contributed by atoms with Crippen molar-refractivity contribution in [3.8, 4) is 0 Å². The van der Waals surface area contributed by atoms with Gasteiger partial charge in [0, 0.05) is 68.5 Å². The number of para-hydroxylation sites is 2. The SMILES string of the molecule is Cc1ccc(C(=O)CC(C(=O)CCC2CCC(CCCc3nc(N(C)C)c4ccccc4n3)CC2)c2cn(C)c3ccccc23)cc1. The van der Waals surface area contributed by atoms with Crippen LogP contribution in [0.3, 0.4) is 0 Å². The molecule has 2 aromatic heterocycles. The molecule has 1 saturated carbocycles. The van der Waals surface area contributed by atoms with Crippen molar-refractivity contribution in [2.75, 3.05) is 19.0 Å². The molecule has 6 heteroatoms. The van der Waals surface area contributed by atoms with Gasteiger partial charge >= 0.3 is 0 Å². The summed E-state index contributed by atoms with van der Waals surface area (Å²) in [6.07, 6.45) is 11.7. The number of carbonyl (C=O) groups excluding carboxylic acids is 2. The molecule has 0 amide bonds. The van der Waals surface area contributed by atoms with E-state index in [1.807, 2.05) is 76.6 Å². The van der Waals surface area contributed by atoms with Gasteiger partial charge in [-0.3, -0.25) is 9.59 Å². The third-order valence-corrected chi connectivity index (χ3v) is 10.3. The maximum atomic E-state index is 14.0. The number of hydrogen-bond acceptors (Lipinski definition) is 5. The summed E-state index contributed by atoms with van der Waals surface area (Å²) in [4.78, 5) is 39.2. The summed E-state index contributed by atoms with van der Waals surface area (Å²) in [6, 6.07) is 24.2. The molecule has 6 nitrogen and oxygen atoms in total. The first-order valence-corrected chi connectivity index (χ1v) is 17.4. The van der Waals surface area contributed by atoms with Crippen LogP contribution in [0.2, 0.25) is 0 Å². The summed E-state index contributed by atoms with van der Waals surface area (Å²) >= 11 is 0. The van der Waals surface area contributed by atoms with Crippen LogP contribution in [0.25, 0.3) is 21.8 Å². The Hall–Kier alpha value is -4.32. The molecule has 1 aliphatic rings. The van der Waals surface area contributed by atoms with Gasteiger partial charge in [0.15, 0.2) is 5.78 Å². The number of benzene rings is 3. The lowest BCUT2D eigenvalue weighted by Crippen LogP contribution is -2.20. The minimum Gasteiger partial charge on any atom is -0.362 e. The molecule has 5 aromatic rings. The van der Waals surface area contributed by atoms with Crippen molar-refractivity contribution < 1.29 is 9.59 Å². The number of ketones is 2. The molecule has 0 saturated heterocycles. The zero-order valence-electron chi connectivity index (χ0n) is 28.4. The van der Waals surface area contributed by atoms with E-state index in [9.17, 15) is 9.59 Å². The Balaban J connectivity index is 1.04. The fourth-order valence-electron chi connectivity index (χ4n) is 7.53. The summed E-state index contributed by atoms with van der Waals surface area (Å²) in [7, 11) is 6.10. The van der Waals surface area contributed by atoms with E-state index in [0.717, 1.165) is 69.8 Å². The average Bonchev–Trinajstić information content (AvgIpc) is 3.42. The van der Waals surface area contributed by atoms with E-state index < -0.39 is 5.92 Å². The van der Waals surface area contributed by atoms with Crippen LogP contribution < -0.4 is 4.90 Å². The van der Waals surface area contributed by atoms with Crippen molar-refractivity contribution in [1.82, 2.24) is 14.5 Å². The normalized spacial score (nSPS) is 17.2. The molecular weight excluding hydrogens is 580 g/mol. The Morgan fingerprint density at radius 2 is 1.51 bits per heavy atom. The smallest absolute Gasteiger partial charge is 0.163 e. The largest absolute Gasteiger partial charge is 0.362 e. The first-order valence-electron chi connectivity index (χ1n) is 17.4. The molecule has 0 bridgehead atoms. The molecule has 1 atom stereocenters. The maximum absolute atomic E-state index is 14.0. The molecule has 0 N–H and O–H groups in total. The number of rotatable bonds is 13. The monoisotopic (exact) mass is 628 g/mol. The molecular formula is C41H48N4O2. The molecule has 0 aliphatic heterocycles. The van der Waals surface area contributed by atoms with Gasteiger partial charge in [0.2, 0.25) is 0 Å². The average molecular weight is 629 g/mol. The Labute approximate surface area is 279 Å². The van der Waals surface area contributed by atoms with Crippen LogP contribution in [0, 0.1) is 18.8 Å². The second-order valence-electron chi connectivity index (χ2n) is 13.9. The van der Waals surface area contributed by atoms with Crippen LogP contribution in [0.15, 0.2) is 79.0 Å². The summed E-state index contributed by atoms with van der Waals surface area (Å²) in [5, 5.41) is 2.16. The van der Waals surface area contributed by atoms with Gasteiger partial charge in [0.25, 0.3) is 0 Å². The molecule has 1 aliphatic carbocycles. The summed E-state index contributed by atoms with van der Waals surface area (Å²) < 4.78 is 2.08. The highest BCUT2D eigenvalue weighted by atomic mass is 16.1. The van der Waals surface area contributed by atoms with Crippen LogP contribution in [-0.2, 0) is 18.3 Å². The van der Waals surface area contributed by atoms with E-state index in [0.29, 0.717) is 17.9 Å². The van der Waals surface area contributed by atoms with Crippen LogP contribution in [0.4, 0.5) is 5.82 Å². The molecule has 0 spiro atoms. The van der Waals surface area contributed by atoms with Crippen molar-refractivity contribution in [3.63, 3.8) is 0 Å². The van der Waals surface area contributed by atoms with Gasteiger partial charge in [-0.25, -0.2) is 9.97 Å². The minimum atomic E-state index is -0.434. The lowest BCUT2D eigenvalue weighted by Gasteiger charge is -2.28. The topological polar surface area (TPSA) is 68.1 Å². The number of fused-ring (bicyclic) bond motifs is 2. The lowest BCUT2D eigenvalue weighted by molar-refractivity contribution is -0.120. The van der Waals surface area contributed by atoms with Crippen molar-refractivity contribution >= 4 is 39.2 Å². The summed E-state index contributed by atoms with van der Waals surface area (Å²) in [5.74, 6) is 3.01. The van der Waals surface area contributed by atoms with Gasteiger partial charge in [-0.2, -0.15) is 0 Å². The summed E-state index contributed by atoms with van der Waals surface area (Å²) in [6.45, 7) is 2.02. The predicted octanol–water partition coefficient (Wildman–Crippen LogP) is 9.03. The van der Waals surface area contributed by atoms with Gasteiger partial charge < -0.3 is 9.47 Å². The number of nitrogens with zero attached hydrogens (tertiary/aromatic N) is 4. The van der Waals surface area contributed by atoms with Crippen molar-refractivity contribution in [3.05, 3.63) is 102 Å². The molecule has 2 heterocycles. The molecule has 47 heavy (non-hydrogen) atoms. The van der Waals surface area contributed by atoms with Gasteiger partial charge in [0.1, 0.15) is 17.4 Å². The Morgan fingerprint density at radius 1 is 0.851 bits per heavy atom. The molecule has 1 fully saturated rings. The van der Waals surface area contributed by atoms with E-state index >= 15 is 0 Å². The van der Waals surface area contributed by atoms with Crippen LogP contribution in [0.5, 0.6) is 0 Å². The third kappa shape index (κ3) is 7.64. The number of Topliss-reactive ketones (excluding diaryl/α,β-unsaturated/α-hetero) is 2. The lowest BCUT2D eigenvalue weighted by atomic mass is 9.77. The Bertz CT molecular complexity index is 1850. The van der Waals surface area contributed by atoms with Crippen LogP contribution in [0.1, 0.15) is 91.0 Å². The number of anilines is 1. The number of aromatic nitrogens is 3. The molecule has 6 rings (SSSR count). The van der Waals surface area contributed by atoms with Crippen molar-refractivity contribution in [2.24, 2.45) is 18.9 Å². The minimum absolute atomic E-state index is 0.0313. The van der Waals surface area contributed by atoms with E-state index in [-0.39, 0.29) is 18.0 Å². The van der Waals surface area contributed by atoms with Gasteiger partial charge in [-0.05, 0) is 55.4 Å². The van der Waals surface area contributed by atoms with Crippen LogP contribution in [-0.4, -0.2) is 40.2 Å². The van der Waals surface area contributed by atoms with E-state index in [1.54, 1.807) is 0 Å². The number of aryl methyl sites for hydroxylation is 3. The summed E-state index contributed by atoms with van der Waals surface area (Å²) in [5.41, 5.74) is 4.88. The second kappa shape index (κ2) is 14.6. The highest BCUT2D eigenvalue weighted by Crippen LogP contribution is 2.37. The van der Waals surface area contributed by atoms with Crippen molar-refractivity contribution in [2.45, 2.75) is 77.0 Å². The fraction of sp³-hybridized carbons (Fsp3) is 0.415. The van der Waals surface area contributed by atoms with E-state index in [2.05, 4.69) is 39.9 Å². The van der Waals surface area contributed by atoms with Gasteiger partial charge in [-0.1, -0.05) is 92.3 Å². The third-order valence-electron chi connectivity index (χ3n) is 10.3. The highest BCUT2D eigenvalue weighted by Gasteiger charge is 2.29. The van der Waals surface area contributed by atoms with Gasteiger partial charge in [-0.15, -0.1) is 0 Å². The molecule has 244 valence electrons. The first kappa shape index (κ1) is 32.6. The molecule has 3 aromatic carbocycles. The quantitative estimate of drug-likeness (QED) is 0.122. The number of hydrogen-bond donors (Lipinski definition) is 0. The fourth-order valence-corrected chi connectivity index (χ4v) is 7.53. The predicted molar refractivity (Wildman–Crippen MR) is 192 cm³/mol. The first-order chi connectivity index (χ1) is 22.8. The van der Waals surface area contributed by atoms with E-state index in [1.165, 1.54) is 32.1 Å². The Kier molecular flexibility index (Phi) is 10.1. The highest BCUT2D eigenvalue weighted by molar-refractivity contribution is 6.02. The number of carbonyl (C=O) groups is 2.